The van der Waals surface area contributed by atoms with Gasteiger partial charge in [-0.1, -0.05) is 62.7 Å². The van der Waals surface area contributed by atoms with E-state index in [-0.39, 0.29) is 11.7 Å². The summed E-state index contributed by atoms with van der Waals surface area (Å²) < 4.78 is 5.45. The molecule has 214 valence electrons. The Morgan fingerprint density at radius 2 is 1.55 bits per heavy atom. The highest BCUT2D eigenvalue weighted by molar-refractivity contribution is 6.00. The van der Waals surface area contributed by atoms with Crippen LogP contribution in [0, 0.1) is 5.92 Å². The molecule has 0 aliphatic carbocycles. The van der Waals surface area contributed by atoms with Gasteiger partial charge in [0.1, 0.15) is 23.4 Å². The second kappa shape index (κ2) is 12.9. The summed E-state index contributed by atoms with van der Waals surface area (Å²) >= 11 is 0. The van der Waals surface area contributed by atoms with Crippen LogP contribution >= 0.6 is 0 Å². The lowest BCUT2D eigenvalue weighted by Gasteiger charge is -2.38. The molecule has 0 spiro atoms. The van der Waals surface area contributed by atoms with Crippen molar-refractivity contribution in [3.05, 3.63) is 72.3 Å². The molecule has 0 aliphatic rings. The molecule has 0 saturated heterocycles. The number of benzene rings is 3. The molecule has 3 aromatic carbocycles. The number of hydrogen-bond donors (Lipinski definition) is 3. The quantitative estimate of drug-likeness (QED) is 0.287. The van der Waals surface area contributed by atoms with Gasteiger partial charge in [0.25, 0.3) is 5.91 Å². The number of fused-ring (bicyclic) bond motifs is 1. The van der Waals surface area contributed by atoms with Crippen molar-refractivity contribution in [2.75, 3.05) is 5.32 Å². The van der Waals surface area contributed by atoms with E-state index in [0.717, 1.165) is 10.8 Å². The fourth-order valence-corrected chi connectivity index (χ4v) is 4.53. The number of nitrogens with one attached hydrogen (secondary N) is 2. The van der Waals surface area contributed by atoms with Crippen LogP contribution in [0.5, 0.6) is 5.75 Å². The van der Waals surface area contributed by atoms with Crippen molar-refractivity contribution in [3.8, 4) is 5.75 Å². The molecular weight excluding hydrogens is 506 g/mol. The van der Waals surface area contributed by atoms with Gasteiger partial charge in [0.2, 0.25) is 5.91 Å². The maximum absolute atomic E-state index is 14.2. The molecule has 0 radical (unpaired) electrons. The number of alkyl carbamates (subject to hydrolysis) is 1. The average molecular weight is 548 g/mol. The van der Waals surface area contributed by atoms with Crippen LogP contribution in [-0.2, 0) is 14.3 Å². The fourth-order valence-electron chi connectivity index (χ4n) is 4.53. The molecule has 0 saturated carbocycles. The van der Waals surface area contributed by atoms with Gasteiger partial charge >= 0.3 is 6.09 Å². The number of phenols is 1. The zero-order valence-electron chi connectivity index (χ0n) is 24.4. The first-order valence-corrected chi connectivity index (χ1v) is 13.7. The molecule has 8 nitrogen and oxygen atoms in total. The van der Waals surface area contributed by atoms with Gasteiger partial charge in [-0.3, -0.25) is 9.59 Å². The van der Waals surface area contributed by atoms with E-state index in [1.165, 1.54) is 17.0 Å². The van der Waals surface area contributed by atoms with Gasteiger partial charge in [0.15, 0.2) is 0 Å². The summed E-state index contributed by atoms with van der Waals surface area (Å²) in [6.45, 7) is 12.7. The third-order valence-electron chi connectivity index (χ3n) is 6.71. The van der Waals surface area contributed by atoms with E-state index in [1.807, 2.05) is 70.2 Å². The van der Waals surface area contributed by atoms with Crippen molar-refractivity contribution in [1.82, 2.24) is 10.2 Å². The van der Waals surface area contributed by atoms with Crippen LogP contribution in [0.4, 0.5) is 10.5 Å². The molecular formula is C32H41N3O5. The molecule has 8 heteroatoms. The SMILES string of the molecule is CCC(C)C(NC(=O)OC(C)(C)C)C(=O)N(C(C)C)C(C(=O)Nc1ccc2ccccc2c1)c1ccc(O)cc1. The second-order valence-electron chi connectivity index (χ2n) is 11.4. The first-order chi connectivity index (χ1) is 18.8. The van der Waals surface area contributed by atoms with Gasteiger partial charge in [-0.2, -0.15) is 0 Å². The third-order valence-corrected chi connectivity index (χ3v) is 6.71. The minimum atomic E-state index is -1.04. The number of ether oxygens (including phenoxy) is 1. The zero-order valence-corrected chi connectivity index (χ0v) is 24.4. The van der Waals surface area contributed by atoms with Crippen LogP contribution in [0.3, 0.4) is 0 Å². The Bertz CT molecular complexity index is 1330. The van der Waals surface area contributed by atoms with Gasteiger partial charge in [0.05, 0.1) is 0 Å². The van der Waals surface area contributed by atoms with E-state index in [2.05, 4.69) is 10.6 Å². The van der Waals surface area contributed by atoms with Crippen LogP contribution in [0.1, 0.15) is 66.5 Å². The molecule has 3 aromatic rings. The standard InChI is InChI=1S/C32H41N3O5/c1-8-21(4)27(34-31(39)40-32(5,6)7)30(38)35(20(2)3)28(23-14-17-26(36)18-15-23)29(37)33-25-16-13-22-11-9-10-12-24(22)19-25/h9-21,27-28,36H,8H2,1-7H3,(H,33,37)(H,34,39). The summed E-state index contributed by atoms with van der Waals surface area (Å²) in [4.78, 5) is 42.4. The smallest absolute Gasteiger partial charge is 0.408 e. The molecule has 0 fully saturated rings. The van der Waals surface area contributed by atoms with Gasteiger partial charge in [-0.05, 0) is 81.1 Å². The molecule has 0 aromatic heterocycles. The molecule has 3 amide bonds. The number of anilines is 1. The Balaban J connectivity index is 2.02. The van der Waals surface area contributed by atoms with Crippen LogP contribution in [-0.4, -0.2) is 45.6 Å². The predicted octanol–water partition coefficient (Wildman–Crippen LogP) is 6.40. The predicted molar refractivity (Wildman–Crippen MR) is 158 cm³/mol. The van der Waals surface area contributed by atoms with Crippen molar-refractivity contribution < 1.29 is 24.2 Å². The number of nitrogens with zero attached hydrogens (tertiary/aromatic N) is 1. The highest BCUT2D eigenvalue weighted by Gasteiger charge is 2.39. The van der Waals surface area contributed by atoms with Crippen LogP contribution in [0.15, 0.2) is 66.7 Å². The van der Waals surface area contributed by atoms with Gasteiger partial charge in [-0.15, -0.1) is 0 Å². The van der Waals surface area contributed by atoms with Crippen molar-refractivity contribution in [2.24, 2.45) is 5.92 Å². The van der Waals surface area contributed by atoms with Gasteiger partial charge < -0.3 is 25.4 Å². The first kappa shape index (κ1) is 30.5. The van der Waals surface area contributed by atoms with E-state index in [9.17, 15) is 19.5 Å². The summed E-state index contributed by atoms with van der Waals surface area (Å²) in [6, 6.07) is 17.3. The highest BCUT2D eigenvalue weighted by Crippen LogP contribution is 2.29. The number of phenolic OH excluding ortho intramolecular Hbond substituents is 1. The Kier molecular flexibility index (Phi) is 9.79. The van der Waals surface area contributed by atoms with Crippen LogP contribution in [0.25, 0.3) is 10.8 Å². The monoisotopic (exact) mass is 547 g/mol. The summed E-state index contributed by atoms with van der Waals surface area (Å²) in [5.74, 6) is -1.00. The maximum Gasteiger partial charge on any atom is 0.408 e. The lowest BCUT2D eigenvalue weighted by atomic mass is 9.94. The average Bonchev–Trinajstić information content (AvgIpc) is 2.88. The number of carbonyl (C=O) groups is 3. The number of aromatic hydroxyl groups is 1. The Morgan fingerprint density at radius 3 is 2.12 bits per heavy atom. The van der Waals surface area contributed by atoms with E-state index in [4.69, 9.17) is 4.74 Å². The van der Waals surface area contributed by atoms with E-state index in [0.29, 0.717) is 17.7 Å². The third kappa shape index (κ3) is 7.74. The molecule has 0 aliphatic heterocycles. The lowest BCUT2D eigenvalue weighted by molar-refractivity contribution is -0.144. The number of carbonyl (C=O) groups excluding carboxylic acids is 3. The normalized spacial score (nSPS) is 13.8. The van der Waals surface area contributed by atoms with Gasteiger partial charge in [0, 0.05) is 11.7 Å². The zero-order chi connectivity index (χ0) is 29.6. The largest absolute Gasteiger partial charge is 0.508 e. The van der Waals surface area contributed by atoms with E-state index in [1.54, 1.807) is 32.9 Å². The van der Waals surface area contributed by atoms with Crippen molar-refractivity contribution in [2.45, 2.75) is 78.6 Å². The summed E-state index contributed by atoms with van der Waals surface area (Å²) in [6.07, 6.45) is -0.0812. The lowest BCUT2D eigenvalue weighted by Crippen LogP contribution is -2.56. The summed E-state index contributed by atoms with van der Waals surface area (Å²) in [5.41, 5.74) is 0.381. The second-order valence-corrected chi connectivity index (χ2v) is 11.4. The Labute approximate surface area is 236 Å². The van der Waals surface area contributed by atoms with Crippen LogP contribution in [0.2, 0.25) is 0 Å². The van der Waals surface area contributed by atoms with Crippen molar-refractivity contribution >= 4 is 34.4 Å². The van der Waals surface area contributed by atoms with Gasteiger partial charge in [-0.25, -0.2) is 4.79 Å². The van der Waals surface area contributed by atoms with Crippen LogP contribution < -0.4 is 10.6 Å². The van der Waals surface area contributed by atoms with Crippen molar-refractivity contribution in [3.63, 3.8) is 0 Å². The molecule has 3 atom stereocenters. The molecule has 3 unspecified atom stereocenters. The molecule has 0 heterocycles. The fraction of sp³-hybridized carbons (Fsp3) is 0.406. The Morgan fingerprint density at radius 1 is 0.925 bits per heavy atom. The highest BCUT2D eigenvalue weighted by atomic mass is 16.6. The summed E-state index contributed by atoms with van der Waals surface area (Å²) in [5, 5.41) is 17.7. The topological polar surface area (TPSA) is 108 Å². The van der Waals surface area contributed by atoms with Crippen molar-refractivity contribution in [1.29, 1.82) is 0 Å². The molecule has 40 heavy (non-hydrogen) atoms. The molecule has 3 N–H and O–H groups in total. The number of hydrogen-bond acceptors (Lipinski definition) is 5. The minimum absolute atomic E-state index is 0.0453. The number of rotatable bonds is 9. The van der Waals surface area contributed by atoms with E-state index >= 15 is 0 Å². The first-order valence-electron chi connectivity index (χ1n) is 13.7. The number of amides is 3. The maximum atomic E-state index is 14.2. The van der Waals surface area contributed by atoms with E-state index < -0.39 is 41.6 Å². The minimum Gasteiger partial charge on any atom is -0.508 e. The summed E-state index contributed by atoms with van der Waals surface area (Å²) in [7, 11) is 0. The molecule has 0 bridgehead atoms. The molecule has 3 rings (SSSR count). The Hall–Kier alpha value is -4.07.